The standard InChI is InChI=1S/C16H12BrClN4O/c1-10-7-12(5-6-14(10)17)19-16(23)15-9-22(21-20-15)13-4-2-3-11(18)8-13/h2-9H,1H3,(H,19,23). The van der Waals surface area contributed by atoms with E-state index in [0.29, 0.717) is 10.7 Å². The Morgan fingerprint density at radius 1 is 1.26 bits per heavy atom. The molecule has 116 valence electrons. The lowest BCUT2D eigenvalue weighted by Gasteiger charge is -2.05. The average Bonchev–Trinajstić information content (AvgIpc) is 3.01. The van der Waals surface area contributed by atoms with E-state index in [1.165, 1.54) is 4.68 Å². The minimum Gasteiger partial charge on any atom is -0.321 e. The second-order valence-corrected chi connectivity index (χ2v) is 6.24. The molecule has 0 unspecified atom stereocenters. The molecule has 2 aromatic carbocycles. The van der Waals surface area contributed by atoms with Crippen LogP contribution in [0, 0.1) is 6.92 Å². The number of aryl methyl sites for hydroxylation is 1. The average molecular weight is 392 g/mol. The van der Waals surface area contributed by atoms with Crippen molar-refractivity contribution in [1.29, 1.82) is 0 Å². The van der Waals surface area contributed by atoms with Crippen LogP contribution in [0.4, 0.5) is 5.69 Å². The zero-order chi connectivity index (χ0) is 16.4. The van der Waals surface area contributed by atoms with Crippen LogP contribution in [-0.4, -0.2) is 20.9 Å². The first kappa shape index (κ1) is 15.7. The van der Waals surface area contributed by atoms with Crippen LogP contribution >= 0.6 is 27.5 Å². The number of benzene rings is 2. The van der Waals surface area contributed by atoms with Gasteiger partial charge in [0.1, 0.15) is 0 Å². The van der Waals surface area contributed by atoms with Crippen molar-refractivity contribution in [3.8, 4) is 5.69 Å². The summed E-state index contributed by atoms with van der Waals surface area (Å²) in [5.74, 6) is -0.319. The van der Waals surface area contributed by atoms with E-state index in [2.05, 4.69) is 31.6 Å². The van der Waals surface area contributed by atoms with Crippen molar-refractivity contribution in [2.75, 3.05) is 5.32 Å². The summed E-state index contributed by atoms with van der Waals surface area (Å²) in [7, 11) is 0. The molecule has 0 radical (unpaired) electrons. The fraction of sp³-hybridized carbons (Fsp3) is 0.0625. The van der Waals surface area contributed by atoms with E-state index < -0.39 is 0 Å². The van der Waals surface area contributed by atoms with Crippen LogP contribution in [0.1, 0.15) is 16.1 Å². The fourth-order valence-electron chi connectivity index (χ4n) is 2.03. The second-order valence-electron chi connectivity index (χ2n) is 4.95. The summed E-state index contributed by atoms with van der Waals surface area (Å²) in [4.78, 5) is 12.3. The van der Waals surface area contributed by atoms with E-state index in [1.54, 1.807) is 18.3 Å². The molecule has 0 aliphatic rings. The highest BCUT2D eigenvalue weighted by Gasteiger charge is 2.12. The number of halogens is 2. The maximum Gasteiger partial charge on any atom is 0.277 e. The van der Waals surface area contributed by atoms with Crippen LogP contribution in [-0.2, 0) is 0 Å². The number of carbonyl (C=O) groups excluding carboxylic acids is 1. The summed E-state index contributed by atoms with van der Waals surface area (Å²) in [5, 5.41) is 11.3. The van der Waals surface area contributed by atoms with E-state index in [0.717, 1.165) is 15.7 Å². The normalized spacial score (nSPS) is 10.6. The molecule has 1 aromatic heterocycles. The number of nitrogens with one attached hydrogen (secondary N) is 1. The smallest absolute Gasteiger partial charge is 0.277 e. The third-order valence-corrected chi connectivity index (χ3v) is 4.34. The molecule has 0 spiro atoms. The molecule has 0 aliphatic heterocycles. The van der Waals surface area contributed by atoms with Crippen LogP contribution in [0.25, 0.3) is 5.69 Å². The predicted octanol–water partition coefficient (Wildman–Crippen LogP) is 4.24. The molecule has 0 atom stereocenters. The van der Waals surface area contributed by atoms with E-state index in [-0.39, 0.29) is 11.6 Å². The molecule has 5 nitrogen and oxygen atoms in total. The van der Waals surface area contributed by atoms with Crippen molar-refractivity contribution in [1.82, 2.24) is 15.0 Å². The quantitative estimate of drug-likeness (QED) is 0.726. The van der Waals surface area contributed by atoms with Gasteiger partial charge in [-0.1, -0.05) is 38.8 Å². The Kier molecular flexibility index (Phi) is 4.45. The molecule has 0 saturated carbocycles. The van der Waals surface area contributed by atoms with Crippen LogP contribution in [0.15, 0.2) is 53.1 Å². The molecular formula is C16H12BrClN4O. The van der Waals surface area contributed by atoms with Gasteiger partial charge in [0, 0.05) is 15.2 Å². The number of hydrogen-bond donors (Lipinski definition) is 1. The Balaban J connectivity index is 1.79. The van der Waals surface area contributed by atoms with Gasteiger partial charge in [0.05, 0.1) is 11.9 Å². The van der Waals surface area contributed by atoms with Crippen molar-refractivity contribution in [3.63, 3.8) is 0 Å². The van der Waals surface area contributed by atoms with Crippen molar-refractivity contribution in [3.05, 3.63) is 69.4 Å². The summed E-state index contributed by atoms with van der Waals surface area (Å²) < 4.78 is 2.50. The summed E-state index contributed by atoms with van der Waals surface area (Å²) in [6, 6.07) is 12.7. The molecule has 0 saturated heterocycles. The van der Waals surface area contributed by atoms with Crippen molar-refractivity contribution < 1.29 is 4.79 Å². The summed E-state index contributed by atoms with van der Waals surface area (Å²) in [6.45, 7) is 1.95. The van der Waals surface area contributed by atoms with Gasteiger partial charge in [-0.3, -0.25) is 4.79 Å². The first-order valence-electron chi connectivity index (χ1n) is 6.79. The number of aromatic nitrogens is 3. The third kappa shape index (κ3) is 3.60. The van der Waals surface area contributed by atoms with Gasteiger partial charge >= 0.3 is 0 Å². The Bertz CT molecular complexity index is 878. The maximum absolute atomic E-state index is 12.3. The number of rotatable bonds is 3. The SMILES string of the molecule is Cc1cc(NC(=O)c2cn(-c3cccc(Cl)c3)nn2)ccc1Br. The summed E-state index contributed by atoms with van der Waals surface area (Å²) in [6.07, 6.45) is 1.56. The highest BCUT2D eigenvalue weighted by Crippen LogP contribution is 2.20. The Morgan fingerprint density at radius 2 is 2.09 bits per heavy atom. The molecule has 0 aliphatic carbocycles. The molecule has 3 aromatic rings. The minimum atomic E-state index is -0.319. The van der Waals surface area contributed by atoms with Crippen molar-refractivity contribution in [2.45, 2.75) is 6.92 Å². The molecule has 0 bridgehead atoms. The highest BCUT2D eigenvalue weighted by molar-refractivity contribution is 9.10. The van der Waals surface area contributed by atoms with Gasteiger partial charge in [0.2, 0.25) is 0 Å². The van der Waals surface area contributed by atoms with Crippen LogP contribution in [0.3, 0.4) is 0 Å². The minimum absolute atomic E-state index is 0.227. The first-order valence-corrected chi connectivity index (χ1v) is 7.96. The Labute approximate surface area is 146 Å². The van der Waals surface area contributed by atoms with E-state index in [4.69, 9.17) is 11.6 Å². The highest BCUT2D eigenvalue weighted by atomic mass is 79.9. The Hall–Kier alpha value is -2.18. The van der Waals surface area contributed by atoms with Gasteiger partial charge in [0.15, 0.2) is 5.69 Å². The van der Waals surface area contributed by atoms with E-state index >= 15 is 0 Å². The second kappa shape index (κ2) is 6.52. The van der Waals surface area contributed by atoms with Gasteiger partial charge in [-0.05, 0) is 48.9 Å². The topological polar surface area (TPSA) is 59.8 Å². The van der Waals surface area contributed by atoms with Crippen LogP contribution < -0.4 is 5.32 Å². The van der Waals surface area contributed by atoms with Crippen molar-refractivity contribution in [2.24, 2.45) is 0 Å². The molecule has 3 rings (SSSR count). The predicted molar refractivity (Wildman–Crippen MR) is 93.2 cm³/mol. The summed E-state index contributed by atoms with van der Waals surface area (Å²) >= 11 is 9.38. The fourth-order valence-corrected chi connectivity index (χ4v) is 2.46. The van der Waals surface area contributed by atoms with E-state index in [9.17, 15) is 4.79 Å². The number of anilines is 1. The first-order chi connectivity index (χ1) is 11.0. The largest absolute Gasteiger partial charge is 0.321 e. The van der Waals surface area contributed by atoms with Gasteiger partial charge < -0.3 is 5.32 Å². The lowest BCUT2D eigenvalue weighted by atomic mass is 10.2. The molecule has 0 fully saturated rings. The van der Waals surface area contributed by atoms with Gasteiger partial charge in [0.25, 0.3) is 5.91 Å². The number of amides is 1. The maximum atomic E-state index is 12.3. The molecule has 23 heavy (non-hydrogen) atoms. The zero-order valence-electron chi connectivity index (χ0n) is 12.1. The monoisotopic (exact) mass is 390 g/mol. The van der Waals surface area contributed by atoms with Crippen LogP contribution in [0.2, 0.25) is 5.02 Å². The lowest BCUT2D eigenvalue weighted by Crippen LogP contribution is -2.12. The summed E-state index contributed by atoms with van der Waals surface area (Å²) in [5.41, 5.74) is 2.70. The molecule has 1 N–H and O–H groups in total. The molecule has 1 amide bonds. The van der Waals surface area contributed by atoms with Gasteiger partial charge in [-0.2, -0.15) is 0 Å². The lowest BCUT2D eigenvalue weighted by molar-refractivity contribution is 0.102. The zero-order valence-corrected chi connectivity index (χ0v) is 14.5. The molecular weight excluding hydrogens is 380 g/mol. The Morgan fingerprint density at radius 3 is 2.83 bits per heavy atom. The molecule has 7 heteroatoms. The number of hydrogen-bond acceptors (Lipinski definition) is 3. The van der Waals surface area contributed by atoms with Crippen LogP contribution in [0.5, 0.6) is 0 Å². The van der Waals surface area contributed by atoms with Gasteiger partial charge in [-0.15, -0.1) is 5.10 Å². The van der Waals surface area contributed by atoms with Crippen molar-refractivity contribution >= 4 is 39.1 Å². The third-order valence-electron chi connectivity index (χ3n) is 3.21. The van der Waals surface area contributed by atoms with E-state index in [1.807, 2.05) is 37.3 Å². The van der Waals surface area contributed by atoms with Gasteiger partial charge in [-0.25, -0.2) is 4.68 Å². The number of carbonyl (C=O) groups is 1. The number of nitrogens with zero attached hydrogens (tertiary/aromatic N) is 3. The molecule has 1 heterocycles.